The van der Waals surface area contributed by atoms with Crippen molar-refractivity contribution in [2.75, 3.05) is 112 Å². The number of benzene rings is 4. The number of hydrogen-bond donors (Lipinski definition) is 2. The minimum Gasteiger partial charge on any atom is -0.382 e. The van der Waals surface area contributed by atoms with Crippen LogP contribution >= 0.6 is 12.2 Å². The van der Waals surface area contributed by atoms with E-state index in [0.29, 0.717) is 97.7 Å². The van der Waals surface area contributed by atoms with E-state index in [1.165, 1.54) is 36.4 Å². The molecule has 8 rings (SSSR count). The Hall–Kier alpha value is -6.68. The van der Waals surface area contributed by atoms with Crippen molar-refractivity contribution < 1.29 is 67.3 Å². The van der Waals surface area contributed by atoms with E-state index in [-0.39, 0.29) is 41.2 Å². The number of likely N-dealkylation sites (tertiary alicyclic amines) is 2. The number of alkyl halides is 12. The lowest BCUT2D eigenvalue weighted by molar-refractivity contribution is -0.388. The third kappa shape index (κ3) is 16.7. The van der Waals surface area contributed by atoms with Gasteiger partial charge in [-0.25, -0.2) is 0 Å². The SMILES string of the molecule is CC(CN1CCN(c2ccc(C(F)(F)F)cc2)CC1)C(=O)N1CCC(Nc2ccc([N+](=O)[O-])c(C(F)(F)F)c2)CC1.CC(CN1CCN(c2ccc(C(F)(F)F)cc2)CC1)C(=S)N1CCC(Nc2ccc([N+](=O)[O-])c(C(F)(F)F)c2)CC1. The third-order valence-electron chi connectivity index (χ3n) is 15.1. The Morgan fingerprint density at radius 3 is 1.18 bits per heavy atom. The fraction of sp³-hybridized carbons (Fsp3) is 0.519. The number of nitrogens with zero attached hydrogens (tertiary/aromatic N) is 8. The summed E-state index contributed by atoms with van der Waals surface area (Å²) >= 11 is 5.76. The Kier molecular flexibility index (Phi) is 20.2. The highest BCUT2D eigenvalue weighted by Gasteiger charge is 2.41. The number of nitro benzene ring substituents is 2. The first-order valence-corrected chi connectivity index (χ1v) is 27.0. The summed E-state index contributed by atoms with van der Waals surface area (Å²) in [5.41, 5.74) is -4.10. The van der Waals surface area contributed by atoms with Gasteiger partial charge in [-0.3, -0.25) is 34.8 Å². The van der Waals surface area contributed by atoms with E-state index in [1.807, 2.05) is 11.8 Å². The number of piperidine rings is 2. The second-order valence-electron chi connectivity index (χ2n) is 20.9. The second-order valence-corrected chi connectivity index (χ2v) is 21.3. The average Bonchev–Trinajstić information content (AvgIpc) is 3.64. The van der Waals surface area contributed by atoms with Crippen molar-refractivity contribution in [1.29, 1.82) is 0 Å². The number of nitro groups is 2. The van der Waals surface area contributed by atoms with Gasteiger partial charge in [0, 0.05) is 150 Å². The van der Waals surface area contributed by atoms with E-state index in [4.69, 9.17) is 12.2 Å². The highest BCUT2D eigenvalue weighted by Crippen LogP contribution is 2.40. The maximum atomic E-state index is 13.3. The summed E-state index contributed by atoms with van der Waals surface area (Å²) in [7, 11) is 0. The van der Waals surface area contributed by atoms with Gasteiger partial charge in [0.05, 0.1) is 26.0 Å². The first-order chi connectivity index (χ1) is 38.4. The van der Waals surface area contributed by atoms with Crippen molar-refractivity contribution >= 4 is 57.2 Å². The summed E-state index contributed by atoms with van der Waals surface area (Å²) in [6.45, 7) is 12.8. The first kappa shape index (κ1) is 62.9. The van der Waals surface area contributed by atoms with Crippen LogP contribution in [0.4, 0.5) is 86.8 Å². The number of hydrogen-bond acceptors (Lipinski definition) is 12. The molecule has 15 nitrogen and oxygen atoms in total. The number of rotatable bonds is 14. The molecule has 4 aliphatic rings. The zero-order valence-electron chi connectivity index (χ0n) is 44.7. The molecule has 82 heavy (non-hydrogen) atoms. The molecular formula is C54H62F12N10O5S. The highest BCUT2D eigenvalue weighted by atomic mass is 32.1. The van der Waals surface area contributed by atoms with Crippen LogP contribution < -0.4 is 20.4 Å². The van der Waals surface area contributed by atoms with Gasteiger partial charge in [-0.15, -0.1) is 0 Å². The lowest BCUT2D eigenvalue weighted by Gasteiger charge is -2.39. The van der Waals surface area contributed by atoms with Crippen LogP contribution in [-0.4, -0.2) is 144 Å². The van der Waals surface area contributed by atoms with Crippen LogP contribution in [0.15, 0.2) is 84.9 Å². The normalized spacial score (nSPS) is 18.3. The Morgan fingerprint density at radius 2 is 0.854 bits per heavy atom. The largest absolute Gasteiger partial charge is 0.423 e. The van der Waals surface area contributed by atoms with Crippen molar-refractivity contribution in [2.45, 2.75) is 76.3 Å². The lowest BCUT2D eigenvalue weighted by Crippen LogP contribution is -2.50. The zero-order valence-corrected chi connectivity index (χ0v) is 45.5. The standard InChI is InChI=1S/C27H31F6N5O3.C27H31F6N5O2S/c1-18(17-35-12-14-36(15-13-35)22-5-2-19(3-6-22)26(28,29)30)25(39)37-10-8-20(9-11-37)34-21-4-7-24(38(40)41)23(16-21)27(31,32)33;1-18(17-35-12-14-36(15-13-35)22-5-2-19(3-6-22)26(28,29)30)25(41)37-10-8-20(9-11-37)34-21-4-7-24(38(39)40)23(16-21)27(31,32)33/h2*2-7,16,18,20,34H,8-15,17H2,1H3. The number of halogens is 12. The van der Waals surface area contributed by atoms with Gasteiger partial charge < -0.3 is 30.2 Å². The van der Waals surface area contributed by atoms with Gasteiger partial charge in [0.25, 0.3) is 11.4 Å². The molecule has 2 unspecified atom stereocenters. The topological polar surface area (TPSA) is 147 Å². The van der Waals surface area contributed by atoms with E-state index in [1.54, 1.807) is 4.90 Å². The maximum Gasteiger partial charge on any atom is 0.423 e. The number of amides is 1. The number of carbonyl (C=O) groups excluding carboxylic acids is 1. The van der Waals surface area contributed by atoms with Crippen LogP contribution in [0.5, 0.6) is 0 Å². The molecule has 0 radical (unpaired) electrons. The number of thiocarbonyl (C=S) groups is 1. The van der Waals surface area contributed by atoms with Gasteiger partial charge in [0.1, 0.15) is 11.1 Å². The van der Waals surface area contributed by atoms with Gasteiger partial charge in [0.15, 0.2) is 0 Å². The maximum absolute atomic E-state index is 13.3. The predicted octanol–water partition coefficient (Wildman–Crippen LogP) is 11.8. The molecule has 0 spiro atoms. The van der Waals surface area contributed by atoms with Gasteiger partial charge >= 0.3 is 24.7 Å². The van der Waals surface area contributed by atoms with Crippen molar-refractivity contribution in [3.05, 3.63) is 127 Å². The van der Waals surface area contributed by atoms with Crippen molar-refractivity contribution in [3.8, 4) is 0 Å². The summed E-state index contributed by atoms with van der Waals surface area (Å²) in [6.07, 6.45) is -16.1. The van der Waals surface area contributed by atoms with Crippen LogP contribution in [0.2, 0.25) is 0 Å². The van der Waals surface area contributed by atoms with Crippen LogP contribution in [0.1, 0.15) is 61.8 Å². The molecule has 4 saturated heterocycles. The van der Waals surface area contributed by atoms with Crippen LogP contribution in [-0.2, 0) is 29.5 Å². The number of carbonyl (C=O) groups is 1. The van der Waals surface area contributed by atoms with Crippen LogP contribution in [0.25, 0.3) is 0 Å². The molecule has 448 valence electrons. The van der Waals surface area contributed by atoms with Gasteiger partial charge in [-0.1, -0.05) is 26.1 Å². The molecule has 2 N–H and O–H groups in total. The van der Waals surface area contributed by atoms with E-state index < -0.39 is 68.2 Å². The van der Waals surface area contributed by atoms with Crippen LogP contribution in [0.3, 0.4) is 0 Å². The van der Waals surface area contributed by atoms with E-state index in [2.05, 4.69) is 37.2 Å². The molecule has 0 aromatic heterocycles. The molecule has 4 fully saturated rings. The van der Waals surface area contributed by atoms with Gasteiger partial charge in [-0.2, -0.15) is 52.7 Å². The predicted molar refractivity (Wildman–Crippen MR) is 289 cm³/mol. The molecule has 0 bridgehead atoms. The monoisotopic (exact) mass is 1190 g/mol. The summed E-state index contributed by atoms with van der Waals surface area (Å²) in [6, 6.07) is 15.8. The zero-order chi connectivity index (χ0) is 59.9. The van der Waals surface area contributed by atoms with E-state index in [0.717, 1.165) is 84.5 Å². The molecule has 0 saturated carbocycles. The summed E-state index contributed by atoms with van der Waals surface area (Å²) in [5.74, 6) is -0.194. The highest BCUT2D eigenvalue weighted by molar-refractivity contribution is 7.80. The number of nitrogens with one attached hydrogen (secondary N) is 2. The Morgan fingerprint density at radius 1 is 0.512 bits per heavy atom. The minimum atomic E-state index is -4.86. The molecule has 2 atom stereocenters. The second kappa shape index (κ2) is 26.3. The summed E-state index contributed by atoms with van der Waals surface area (Å²) in [4.78, 5) is 46.2. The number of anilines is 4. The quantitative estimate of drug-likeness (QED) is 0.0535. The average molecular weight is 1190 g/mol. The van der Waals surface area contributed by atoms with Crippen molar-refractivity contribution in [2.24, 2.45) is 11.8 Å². The molecule has 4 aromatic rings. The smallest absolute Gasteiger partial charge is 0.382 e. The summed E-state index contributed by atoms with van der Waals surface area (Å²) < 4.78 is 157. The van der Waals surface area contributed by atoms with Gasteiger partial charge in [-0.05, 0) is 98.5 Å². The van der Waals surface area contributed by atoms with Crippen molar-refractivity contribution in [3.63, 3.8) is 0 Å². The van der Waals surface area contributed by atoms with Crippen LogP contribution in [0, 0.1) is 32.1 Å². The van der Waals surface area contributed by atoms with Crippen molar-refractivity contribution in [1.82, 2.24) is 19.6 Å². The summed E-state index contributed by atoms with van der Waals surface area (Å²) in [5, 5.41) is 28.1. The molecule has 1 amide bonds. The van der Waals surface area contributed by atoms with Gasteiger partial charge in [0.2, 0.25) is 5.91 Å². The molecule has 0 aliphatic carbocycles. The van der Waals surface area contributed by atoms with E-state index >= 15 is 0 Å². The molecule has 4 aromatic carbocycles. The Balaban J connectivity index is 0.000000236. The third-order valence-corrected chi connectivity index (χ3v) is 15.8. The Labute approximate surface area is 470 Å². The first-order valence-electron chi connectivity index (χ1n) is 26.6. The molecule has 28 heteroatoms. The fourth-order valence-corrected chi connectivity index (χ4v) is 10.9. The molecule has 4 aliphatic heterocycles. The molecule has 4 heterocycles. The minimum absolute atomic E-state index is 0.0108. The van der Waals surface area contributed by atoms with E-state index in [9.17, 15) is 77.7 Å². The Bertz CT molecular complexity index is 2640. The fourth-order valence-electron chi connectivity index (χ4n) is 10.6. The lowest BCUT2D eigenvalue weighted by atomic mass is 10.0. The molecular weight excluding hydrogens is 1130 g/mol. The number of piperazine rings is 2.